The minimum atomic E-state index is -0.894. The molecule has 1 aromatic carbocycles. The highest BCUT2D eigenvalue weighted by molar-refractivity contribution is 6.04. The number of aryl methyl sites for hydroxylation is 2. The Morgan fingerprint density at radius 1 is 1.30 bits per heavy atom. The third-order valence-electron chi connectivity index (χ3n) is 2.88. The largest absolute Gasteiger partial charge is 0.305 e. The van der Waals surface area contributed by atoms with Crippen molar-refractivity contribution in [2.45, 2.75) is 26.7 Å². The molecule has 0 spiro atoms. The van der Waals surface area contributed by atoms with E-state index in [1.807, 2.05) is 6.92 Å². The van der Waals surface area contributed by atoms with Gasteiger partial charge in [-0.05, 0) is 25.0 Å². The number of H-pyrrole nitrogens is 1. The molecule has 1 aromatic heterocycles. The van der Waals surface area contributed by atoms with E-state index in [4.69, 9.17) is 0 Å². The van der Waals surface area contributed by atoms with Crippen molar-refractivity contribution < 1.29 is 13.6 Å². The molecule has 0 unspecified atom stereocenters. The van der Waals surface area contributed by atoms with Crippen molar-refractivity contribution in [3.63, 3.8) is 0 Å². The Morgan fingerprint density at radius 2 is 2.05 bits per heavy atom. The van der Waals surface area contributed by atoms with Crippen molar-refractivity contribution in [2.75, 3.05) is 5.32 Å². The number of benzene rings is 1. The summed E-state index contributed by atoms with van der Waals surface area (Å²) in [6, 6.07) is 3.58. The minimum Gasteiger partial charge on any atom is -0.305 e. The highest BCUT2D eigenvalue weighted by Crippen LogP contribution is 2.16. The van der Waals surface area contributed by atoms with Crippen LogP contribution in [0.15, 0.2) is 18.2 Å². The maximum Gasteiger partial charge on any atom is 0.259 e. The van der Waals surface area contributed by atoms with Gasteiger partial charge in [-0.3, -0.25) is 9.89 Å². The lowest BCUT2D eigenvalue weighted by Crippen LogP contribution is -2.14. The predicted molar refractivity (Wildman–Crippen MR) is 71.6 cm³/mol. The molecule has 0 fully saturated rings. The zero-order valence-corrected chi connectivity index (χ0v) is 11.3. The van der Waals surface area contributed by atoms with Crippen LogP contribution in [0.2, 0.25) is 0 Å². The van der Waals surface area contributed by atoms with Gasteiger partial charge in [-0.1, -0.05) is 13.3 Å². The zero-order valence-electron chi connectivity index (χ0n) is 11.3. The first-order valence-electron chi connectivity index (χ1n) is 6.32. The number of carbonyl (C=O) groups excluding carboxylic acids is 1. The van der Waals surface area contributed by atoms with Crippen LogP contribution in [0, 0.1) is 18.6 Å². The quantitative estimate of drug-likeness (QED) is 0.903. The van der Waals surface area contributed by atoms with Gasteiger partial charge in [-0.25, -0.2) is 8.78 Å². The van der Waals surface area contributed by atoms with Crippen molar-refractivity contribution in [3.8, 4) is 0 Å². The summed E-state index contributed by atoms with van der Waals surface area (Å²) in [5.41, 5.74) is 0.896. The van der Waals surface area contributed by atoms with Gasteiger partial charge in [0.1, 0.15) is 11.6 Å². The number of hydrogen-bond acceptors (Lipinski definition) is 2. The van der Waals surface area contributed by atoms with Crippen LogP contribution in [-0.2, 0) is 6.42 Å². The molecular weight excluding hydrogens is 264 g/mol. The molecule has 2 rings (SSSR count). The van der Waals surface area contributed by atoms with Crippen molar-refractivity contribution in [3.05, 3.63) is 46.7 Å². The SMILES string of the molecule is CCCc1cc(NC(=O)c2cc(C)c(F)cc2F)n[nH]1. The number of aromatic nitrogens is 2. The Kier molecular flexibility index (Phi) is 4.12. The molecule has 2 N–H and O–H groups in total. The Bertz CT molecular complexity index is 637. The second-order valence-electron chi connectivity index (χ2n) is 4.56. The maximum atomic E-state index is 13.6. The molecule has 0 atom stereocenters. The lowest BCUT2D eigenvalue weighted by Gasteiger charge is -2.05. The van der Waals surface area contributed by atoms with E-state index in [9.17, 15) is 13.6 Å². The summed E-state index contributed by atoms with van der Waals surface area (Å²) in [4.78, 5) is 11.9. The van der Waals surface area contributed by atoms with E-state index >= 15 is 0 Å². The van der Waals surface area contributed by atoms with Crippen LogP contribution in [0.3, 0.4) is 0 Å². The van der Waals surface area contributed by atoms with Crippen molar-refractivity contribution in [2.24, 2.45) is 0 Å². The van der Waals surface area contributed by atoms with Crippen LogP contribution in [0.25, 0.3) is 0 Å². The first kappa shape index (κ1) is 14.2. The topological polar surface area (TPSA) is 57.8 Å². The zero-order chi connectivity index (χ0) is 14.7. The Balaban J connectivity index is 2.17. The van der Waals surface area contributed by atoms with E-state index in [1.54, 1.807) is 6.07 Å². The summed E-state index contributed by atoms with van der Waals surface area (Å²) >= 11 is 0. The highest BCUT2D eigenvalue weighted by Gasteiger charge is 2.15. The fourth-order valence-electron chi connectivity index (χ4n) is 1.84. The van der Waals surface area contributed by atoms with Gasteiger partial charge < -0.3 is 5.32 Å². The van der Waals surface area contributed by atoms with Crippen molar-refractivity contribution in [1.29, 1.82) is 0 Å². The van der Waals surface area contributed by atoms with Gasteiger partial charge in [-0.2, -0.15) is 5.10 Å². The summed E-state index contributed by atoms with van der Waals surface area (Å²) in [7, 11) is 0. The molecule has 0 radical (unpaired) electrons. The van der Waals surface area contributed by atoms with E-state index < -0.39 is 17.5 Å². The number of aromatic amines is 1. The summed E-state index contributed by atoms with van der Waals surface area (Å²) < 4.78 is 26.7. The fraction of sp³-hybridized carbons (Fsp3) is 0.286. The summed E-state index contributed by atoms with van der Waals surface area (Å²) in [5.74, 6) is -1.90. The normalized spacial score (nSPS) is 10.6. The lowest BCUT2D eigenvalue weighted by molar-refractivity contribution is 0.102. The number of nitrogens with zero attached hydrogens (tertiary/aromatic N) is 1. The van der Waals surface area contributed by atoms with Crippen LogP contribution in [-0.4, -0.2) is 16.1 Å². The summed E-state index contributed by atoms with van der Waals surface area (Å²) in [6.07, 6.45) is 1.76. The Morgan fingerprint density at radius 3 is 2.75 bits per heavy atom. The molecule has 106 valence electrons. The average molecular weight is 279 g/mol. The number of rotatable bonds is 4. The van der Waals surface area contributed by atoms with E-state index in [1.165, 1.54) is 13.0 Å². The first-order chi connectivity index (χ1) is 9.51. The molecule has 0 saturated heterocycles. The molecule has 2 aromatic rings. The molecule has 6 heteroatoms. The van der Waals surface area contributed by atoms with Gasteiger partial charge in [0.15, 0.2) is 5.82 Å². The van der Waals surface area contributed by atoms with Gasteiger partial charge in [0, 0.05) is 17.8 Å². The van der Waals surface area contributed by atoms with E-state index in [-0.39, 0.29) is 11.1 Å². The third-order valence-corrected chi connectivity index (χ3v) is 2.88. The van der Waals surface area contributed by atoms with Crippen molar-refractivity contribution >= 4 is 11.7 Å². The monoisotopic (exact) mass is 279 g/mol. The molecule has 0 aliphatic rings. The van der Waals surface area contributed by atoms with Crippen LogP contribution in [0.5, 0.6) is 0 Å². The average Bonchev–Trinajstić information content (AvgIpc) is 2.81. The molecule has 20 heavy (non-hydrogen) atoms. The minimum absolute atomic E-state index is 0.205. The Hall–Kier alpha value is -2.24. The molecule has 4 nitrogen and oxygen atoms in total. The second-order valence-corrected chi connectivity index (χ2v) is 4.56. The van der Waals surface area contributed by atoms with E-state index in [2.05, 4.69) is 15.5 Å². The van der Waals surface area contributed by atoms with Gasteiger partial charge in [-0.15, -0.1) is 0 Å². The van der Waals surface area contributed by atoms with Crippen molar-refractivity contribution in [1.82, 2.24) is 10.2 Å². The maximum absolute atomic E-state index is 13.6. The number of anilines is 1. The van der Waals surface area contributed by atoms with E-state index in [0.717, 1.165) is 18.5 Å². The first-order valence-corrected chi connectivity index (χ1v) is 6.32. The molecule has 0 aliphatic heterocycles. The Labute approximate surface area is 115 Å². The molecule has 1 heterocycles. The number of hydrogen-bond donors (Lipinski definition) is 2. The van der Waals surface area contributed by atoms with Crippen LogP contribution >= 0.6 is 0 Å². The standard InChI is InChI=1S/C14H15F2N3O/c1-3-4-9-6-13(19-18-9)17-14(20)10-5-8(2)11(15)7-12(10)16/h5-7H,3-4H2,1-2H3,(H2,17,18,19,20). The number of halogens is 2. The highest BCUT2D eigenvalue weighted by atomic mass is 19.1. The molecule has 1 amide bonds. The molecular formula is C14H15F2N3O. The summed E-state index contributed by atoms with van der Waals surface area (Å²) in [6.45, 7) is 3.50. The fourth-order valence-corrected chi connectivity index (χ4v) is 1.84. The van der Waals surface area contributed by atoms with Gasteiger partial charge in [0.05, 0.1) is 5.56 Å². The van der Waals surface area contributed by atoms with Crippen LogP contribution in [0.4, 0.5) is 14.6 Å². The smallest absolute Gasteiger partial charge is 0.259 e. The lowest BCUT2D eigenvalue weighted by atomic mass is 10.1. The van der Waals surface area contributed by atoms with Crippen LogP contribution in [0.1, 0.15) is 35.0 Å². The van der Waals surface area contributed by atoms with Gasteiger partial charge in [0.25, 0.3) is 5.91 Å². The predicted octanol–water partition coefficient (Wildman–Crippen LogP) is 3.20. The number of carbonyl (C=O) groups is 1. The van der Waals surface area contributed by atoms with E-state index in [0.29, 0.717) is 11.9 Å². The van der Waals surface area contributed by atoms with Gasteiger partial charge in [0.2, 0.25) is 0 Å². The number of amides is 1. The molecule has 0 saturated carbocycles. The van der Waals surface area contributed by atoms with Crippen LogP contribution < -0.4 is 5.32 Å². The number of nitrogens with one attached hydrogen (secondary N) is 2. The van der Waals surface area contributed by atoms with Gasteiger partial charge >= 0.3 is 0 Å². The molecule has 0 aliphatic carbocycles. The third kappa shape index (κ3) is 3.01. The second kappa shape index (κ2) is 5.81. The molecule has 0 bridgehead atoms. The summed E-state index contributed by atoms with van der Waals surface area (Å²) in [5, 5.41) is 9.18.